The number of phenols is 1. The minimum absolute atomic E-state index is 0.0706. The summed E-state index contributed by atoms with van der Waals surface area (Å²) < 4.78 is 12.7. The molecule has 0 radical (unpaired) electrons. The molecule has 0 aliphatic heterocycles. The monoisotopic (exact) mass is 375 g/mol. The molecular formula is C21H29NO5. The molecule has 0 saturated heterocycles. The lowest BCUT2D eigenvalue weighted by atomic mass is 10.1. The first-order chi connectivity index (χ1) is 13.0. The van der Waals surface area contributed by atoms with Crippen molar-refractivity contribution < 1.29 is 19.4 Å². The van der Waals surface area contributed by atoms with Gasteiger partial charge in [0.05, 0.1) is 12.1 Å². The van der Waals surface area contributed by atoms with Gasteiger partial charge in [-0.05, 0) is 25.0 Å². The predicted molar refractivity (Wildman–Crippen MR) is 106 cm³/mol. The number of ether oxygens (including phenoxy) is 2. The number of carbonyl (C=O) groups is 1. The highest BCUT2D eigenvalue weighted by atomic mass is 16.6. The summed E-state index contributed by atoms with van der Waals surface area (Å²) in [6.45, 7) is 6.34. The highest BCUT2D eigenvalue weighted by Gasteiger charge is 2.21. The van der Waals surface area contributed by atoms with Gasteiger partial charge in [-0.3, -0.25) is 9.59 Å². The SMILES string of the molecule is CCCCCCOc1c(OC(C)=O)c(=O)n(CCCC)c2cc(O)ccc12. The van der Waals surface area contributed by atoms with Crippen molar-refractivity contribution in [3.63, 3.8) is 0 Å². The van der Waals surface area contributed by atoms with Gasteiger partial charge >= 0.3 is 5.97 Å². The fraction of sp³-hybridized carbons (Fsp3) is 0.524. The molecule has 0 bridgehead atoms. The number of phenolic OH excluding ortho intramolecular Hbond substituents is 1. The van der Waals surface area contributed by atoms with E-state index in [2.05, 4.69) is 6.92 Å². The van der Waals surface area contributed by atoms with Crippen molar-refractivity contribution >= 4 is 16.9 Å². The number of hydrogen-bond acceptors (Lipinski definition) is 5. The van der Waals surface area contributed by atoms with Crippen LogP contribution in [0.5, 0.6) is 17.2 Å². The first kappa shape index (κ1) is 20.8. The quantitative estimate of drug-likeness (QED) is 0.492. The third-order valence-electron chi connectivity index (χ3n) is 4.39. The first-order valence-corrected chi connectivity index (χ1v) is 9.70. The van der Waals surface area contributed by atoms with E-state index >= 15 is 0 Å². The van der Waals surface area contributed by atoms with Gasteiger partial charge in [-0.15, -0.1) is 0 Å². The minimum Gasteiger partial charge on any atom is -0.508 e. The molecule has 148 valence electrons. The van der Waals surface area contributed by atoms with Gasteiger partial charge in [-0.25, -0.2) is 0 Å². The maximum atomic E-state index is 13.0. The Morgan fingerprint density at radius 3 is 2.48 bits per heavy atom. The summed E-state index contributed by atoms with van der Waals surface area (Å²) >= 11 is 0. The number of aryl methyl sites for hydroxylation is 1. The highest BCUT2D eigenvalue weighted by molar-refractivity contribution is 5.89. The number of benzene rings is 1. The van der Waals surface area contributed by atoms with Crippen LogP contribution in [0.25, 0.3) is 10.9 Å². The molecule has 1 aromatic carbocycles. The lowest BCUT2D eigenvalue weighted by Crippen LogP contribution is -2.25. The number of rotatable bonds is 10. The molecule has 1 aromatic heterocycles. The summed E-state index contributed by atoms with van der Waals surface area (Å²) in [4.78, 5) is 24.6. The van der Waals surface area contributed by atoms with Crippen molar-refractivity contribution in [2.24, 2.45) is 0 Å². The van der Waals surface area contributed by atoms with Crippen LogP contribution < -0.4 is 15.0 Å². The second-order valence-electron chi connectivity index (χ2n) is 6.67. The summed E-state index contributed by atoms with van der Waals surface area (Å²) in [5.74, 6) is -0.300. The van der Waals surface area contributed by atoms with Gasteiger partial charge in [-0.2, -0.15) is 0 Å². The second kappa shape index (κ2) is 10.00. The molecular weight excluding hydrogens is 346 g/mol. The number of fused-ring (bicyclic) bond motifs is 1. The van der Waals surface area contributed by atoms with Crippen molar-refractivity contribution in [3.05, 3.63) is 28.6 Å². The fourth-order valence-corrected chi connectivity index (χ4v) is 3.01. The van der Waals surface area contributed by atoms with Crippen molar-refractivity contribution in [2.75, 3.05) is 6.61 Å². The van der Waals surface area contributed by atoms with Gasteiger partial charge in [-0.1, -0.05) is 39.5 Å². The summed E-state index contributed by atoms with van der Waals surface area (Å²) in [5, 5.41) is 10.6. The van der Waals surface area contributed by atoms with Crippen molar-refractivity contribution in [1.29, 1.82) is 0 Å². The molecule has 2 rings (SSSR count). The van der Waals surface area contributed by atoms with Crippen molar-refractivity contribution in [1.82, 2.24) is 4.57 Å². The van der Waals surface area contributed by atoms with E-state index in [1.54, 1.807) is 22.8 Å². The second-order valence-corrected chi connectivity index (χ2v) is 6.67. The average molecular weight is 375 g/mol. The third kappa shape index (κ3) is 5.25. The molecule has 0 fully saturated rings. The highest BCUT2D eigenvalue weighted by Crippen LogP contribution is 2.35. The Hall–Kier alpha value is -2.50. The Morgan fingerprint density at radius 2 is 1.81 bits per heavy atom. The molecule has 0 aliphatic carbocycles. The van der Waals surface area contributed by atoms with Gasteiger partial charge in [0.25, 0.3) is 5.56 Å². The van der Waals surface area contributed by atoms with Gasteiger partial charge in [0, 0.05) is 24.9 Å². The number of esters is 1. The van der Waals surface area contributed by atoms with Gasteiger partial charge < -0.3 is 19.1 Å². The van der Waals surface area contributed by atoms with Crippen molar-refractivity contribution in [3.8, 4) is 17.2 Å². The zero-order chi connectivity index (χ0) is 19.8. The van der Waals surface area contributed by atoms with Crippen LogP contribution in [-0.4, -0.2) is 22.2 Å². The Labute approximate surface area is 159 Å². The van der Waals surface area contributed by atoms with E-state index in [0.29, 0.717) is 24.1 Å². The number of aromatic nitrogens is 1. The Balaban J connectivity index is 2.55. The lowest BCUT2D eigenvalue weighted by Gasteiger charge is -2.18. The summed E-state index contributed by atoms with van der Waals surface area (Å²) in [5.41, 5.74) is 0.160. The molecule has 0 spiro atoms. The molecule has 0 amide bonds. The van der Waals surface area contributed by atoms with Crippen LogP contribution in [0.15, 0.2) is 23.0 Å². The van der Waals surface area contributed by atoms with Gasteiger partial charge in [0.15, 0.2) is 5.75 Å². The molecule has 6 heteroatoms. The van der Waals surface area contributed by atoms with Crippen LogP contribution >= 0.6 is 0 Å². The van der Waals surface area contributed by atoms with Crippen LogP contribution in [0, 0.1) is 0 Å². The van der Waals surface area contributed by atoms with E-state index < -0.39 is 11.5 Å². The first-order valence-electron chi connectivity index (χ1n) is 9.70. The zero-order valence-corrected chi connectivity index (χ0v) is 16.4. The van der Waals surface area contributed by atoms with E-state index in [-0.39, 0.29) is 17.2 Å². The van der Waals surface area contributed by atoms with Crippen LogP contribution in [0.3, 0.4) is 0 Å². The van der Waals surface area contributed by atoms with Crippen molar-refractivity contribution in [2.45, 2.75) is 65.8 Å². The fourth-order valence-electron chi connectivity index (χ4n) is 3.01. The zero-order valence-electron chi connectivity index (χ0n) is 16.4. The molecule has 2 aromatic rings. The Morgan fingerprint density at radius 1 is 1.07 bits per heavy atom. The molecule has 6 nitrogen and oxygen atoms in total. The van der Waals surface area contributed by atoms with Crippen LogP contribution in [0.4, 0.5) is 0 Å². The molecule has 27 heavy (non-hydrogen) atoms. The molecule has 1 N–H and O–H groups in total. The van der Waals surface area contributed by atoms with E-state index in [1.807, 2.05) is 6.92 Å². The third-order valence-corrected chi connectivity index (χ3v) is 4.39. The summed E-state index contributed by atoms with van der Waals surface area (Å²) in [7, 11) is 0. The van der Waals surface area contributed by atoms with Crippen LogP contribution in [-0.2, 0) is 11.3 Å². The standard InChI is InChI=1S/C21H29NO5/c1-4-6-8-9-13-26-19-17-11-10-16(24)14-18(17)22(12-7-5-2)21(25)20(19)27-15(3)23/h10-11,14,24H,4-9,12-13H2,1-3H3. The summed E-state index contributed by atoms with van der Waals surface area (Å²) in [6.07, 6.45) is 5.83. The number of unbranched alkanes of at least 4 members (excludes halogenated alkanes) is 4. The number of pyridine rings is 1. The normalized spacial score (nSPS) is 10.9. The molecule has 1 heterocycles. The Kier molecular flexibility index (Phi) is 7.70. The molecule has 0 atom stereocenters. The summed E-state index contributed by atoms with van der Waals surface area (Å²) in [6, 6.07) is 4.78. The largest absolute Gasteiger partial charge is 0.508 e. The van der Waals surface area contributed by atoms with Crippen LogP contribution in [0.1, 0.15) is 59.3 Å². The number of carbonyl (C=O) groups excluding carboxylic acids is 1. The average Bonchev–Trinajstić information content (AvgIpc) is 2.63. The van der Waals surface area contributed by atoms with Gasteiger partial charge in [0.2, 0.25) is 5.75 Å². The number of hydrogen-bond donors (Lipinski definition) is 1. The van der Waals surface area contributed by atoms with E-state index in [4.69, 9.17) is 9.47 Å². The van der Waals surface area contributed by atoms with Gasteiger partial charge in [0.1, 0.15) is 5.75 Å². The molecule has 0 saturated carbocycles. The molecule has 0 unspecified atom stereocenters. The van der Waals surface area contributed by atoms with Crippen LogP contribution in [0.2, 0.25) is 0 Å². The minimum atomic E-state index is -0.567. The van der Waals surface area contributed by atoms with E-state index in [9.17, 15) is 14.7 Å². The topological polar surface area (TPSA) is 77.8 Å². The molecule has 0 aliphatic rings. The number of aromatic hydroxyl groups is 1. The maximum Gasteiger partial charge on any atom is 0.308 e. The predicted octanol–water partition coefficient (Wildman–Crippen LogP) is 4.39. The number of nitrogens with zero attached hydrogens (tertiary/aromatic N) is 1. The van der Waals surface area contributed by atoms with E-state index in [1.165, 1.54) is 6.92 Å². The Bertz CT molecular complexity index is 841. The van der Waals surface area contributed by atoms with E-state index in [0.717, 1.165) is 38.5 Å². The lowest BCUT2D eigenvalue weighted by molar-refractivity contribution is -0.132. The maximum absolute atomic E-state index is 13.0. The smallest absolute Gasteiger partial charge is 0.308 e.